The molecule has 1 aromatic carbocycles. The second kappa shape index (κ2) is 4.01. The summed E-state index contributed by atoms with van der Waals surface area (Å²) >= 11 is 6.46. The molecule has 1 aromatic heterocycles. The molecule has 1 heterocycles. The lowest BCUT2D eigenvalue weighted by atomic mass is 9.75. The zero-order valence-electron chi connectivity index (χ0n) is 10.8. The van der Waals surface area contributed by atoms with Crippen LogP contribution in [0.2, 0.25) is 5.02 Å². The van der Waals surface area contributed by atoms with Gasteiger partial charge in [0.05, 0.1) is 5.02 Å². The van der Waals surface area contributed by atoms with E-state index < -0.39 is 0 Å². The number of aliphatic hydroxyl groups is 1. The smallest absolute Gasteiger partial charge is 0.0531 e. The number of H-pyrrole nitrogens is 1. The highest BCUT2D eigenvalue weighted by Crippen LogP contribution is 2.41. The van der Waals surface area contributed by atoms with E-state index in [1.807, 2.05) is 6.92 Å². The van der Waals surface area contributed by atoms with Gasteiger partial charge in [0, 0.05) is 23.2 Å². The molecule has 2 nitrogen and oxygen atoms in total. The molecule has 2 aromatic rings. The number of nitrogens with one attached hydrogen (secondary N) is 1. The molecule has 1 aliphatic carbocycles. The lowest BCUT2D eigenvalue weighted by molar-refractivity contribution is 0.127. The third-order valence-electron chi connectivity index (χ3n) is 4.25. The van der Waals surface area contributed by atoms with Gasteiger partial charge in [0.15, 0.2) is 0 Å². The Morgan fingerprint density at radius 3 is 2.94 bits per heavy atom. The van der Waals surface area contributed by atoms with Crippen molar-refractivity contribution in [2.24, 2.45) is 5.41 Å². The predicted molar refractivity (Wildman–Crippen MR) is 75.3 cm³/mol. The van der Waals surface area contributed by atoms with Crippen LogP contribution in [0.15, 0.2) is 12.1 Å². The van der Waals surface area contributed by atoms with Gasteiger partial charge in [-0.2, -0.15) is 0 Å². The summed E-state index contributed by atoms with van der Waals surface area (Å²) in [5.41, 5.74) is 4.83. The van der Waals surface area contributed by atoms with Crippen molar-refractivity contribution in [3.05, 3.63) is 34.0 Å². The van der Waals surface area contributed by atoms with E-state index in [4.69, 9.17) is 11.6 Å². The van der Waals surface area contributed by atoms with Crippen molar-refractivity contribution in [3.63, 3.8) is 0 Å². The number of aromatic nitrogens is 1. The molecule has 1 atom stereocenters. The monoisotopic (exact) mass is 263 g/mol. The van der Waals surface area contributed by atoms with Crippen LogP contribution in [-0.2, 0) is 12.8 Å². The van der Waals surface area contributed by atoms with Gasteiger partial charge in [-0.25, -0.2) is 0 Å². The highest BCUT2D eigenvalue weighted by molar-refractivity contribution is 6.36. The molecule has 0 fully saturated rings. The average molecular weight is 264 g/mol. The van der Waals surface area contributed by atoms with Crippen molar-refractivity contribution < 1.29 is 5.11 Å². The van der Waals surface area contributed by atoms with E-state index in [1.54, 1.807) is 0 Å². The maximum Gasteiger partial charge on any atom is 0.0531 e. The van der Waals surface area contributed by atoms with Gasteiger partial charge in [0.2, 0.25) is 0 Å². The first-order valence-electron chi connectivity index (χ1n) is 6.43. The molecule has 0 bridgehead atoms. The molecule has 0 amide bonds. The van der Waals surface area contributed by atoms with Gasteiger partial charge in [-0.15, -0.1) is 0 Å². The molecular formula is C15H18ClNO. The van der Waals surface area contributed by atoms with Gasteiger partial charge < -0.3 is 10.1 Å². The van der Waals surface area contributed by atoms with Gasteiger partial charge in [-0.1, -0.05) is 24.6 Å². The third-order valence-corrected chi connectivity index (χ3v) is 4.74. The van der Waals surface area contributed by atoms with Crippen molar-refractivity contribution in [2.45, 2.75) is 33.1 Å². The normalized spacial score (nSPS) is 23.3. The molecule has 0 spiro atoms. The topological polar surface area (TPSA) is 36.0 Å². The van der Waals surface area contributed by atoms with E-state index in [0.717, 1.165) is 40.8 Å². The molecule has 0 saturated carbocycles. The fourth-order valence-corrected chi connectivity index (χ4v) is 3.23. The summed E-state index contributed by atoms with van der Waals surface area (Å²) in [6.07, 6.45) is 2.93. The Labute approximate surface area is 112 Å². The number of aryl methyl sites for hydroxylation is 2. The van der Waals surface area contributed by atoms with Gasteiger partial charge in [-0.3, -0.25) is 0 Å². The number of halogens is 1. The summed E-state index contributed by atoms with van der Waals surface area (Å²) in [5.74, 6) is 0. The van der Waals surface area contributed by atoms with Gasteiger partial charge in [0.25, 0.3) is 0 Å². The summed E-state index contributed by atoms with van der Waals surface area (Å²) in [7, 11) is 0. The molecule has 96 valence electrons. The predicted octanol–water partition coefficient (Wildman–Crippen LogP) is 3.62. The first-order valence-corrected chi connectivity index (χ1v) is 6.81. The van der Waals surface area contributed by atoms with Crippen LogP contribution in [0.3, 0.4) is 0 Å². The standard InChI is InChI=1S/C15H18ClNO/c1-9-3-4-12-13(14(9)16)10-7-15(2,8-18)6-5-11(10)17-12/h3-4,17-18H,5-8H2,1-2H3. The Morgan fingerprint density at radius 1 is 1.44 bits per heavy atom. The summed E-state index contributed by atoms with van der Waals surface area (Å²) in [6, 6.07) is 4.16. The second-order valence-corrected chi connectivity index (χ2v) is 6.22. The Bertz CT molecular complexity index is 616. The first kappa shape index (κ1) is 12.1. The lowest BCUT2D eigenvalue weighted by Crippen LogP contribution is -2.29. The fraction of sp³-hybridized carbons (Fsp3) is 0.467. The highest BCUT2D eigenvalue weighted by atomic mass is 35.5. The molecule has 0 aliphatic heterocycles. The maximum absolute atomic E-state index is 9.57. The number of benzene rings is 1. The largest absolute Gasteiger partial charge is 0.396 e. The van der Waals surface area contributed by atoms with Crippen LogP contribution in [-0.4, -0.2) is 16.7 Å². The lowest BCUT2D eigenvalue weighted by Gasteiger charge is -2.31. The van der Waals surface area contributed by atoms with Crippen molar-refractivity contribution in [1.82, 2.24) is 4.98 Å². The Kier molecular flexibility index (Phi) is 2.68. The quantitative estimate of drug-likeness (QED) is 0.810. The molecule has 0 saturated heterocycles. The zero-order chi connectivity index (χ0) is 12.9. The van der Waals surface area contributed by atoms with E-state index in [2.05, 4.69) is 24.0 Å². The van der Waals surface area contributed by atoms with Crippen LogP contribution in [0.5, 0.6) is 0 Å². The number of aromatic amines is 1. The Hall–Kier alpha value is -0.990. The Morgan fingerprint density at radius 2 is 2.22 bits per heavy atom. The van der Waals surface area contributed by atoms with Gasteiger partial charge in [0.1, 0.15) is 0 Å². The third kappa shape index (κ3) is 1.67. The summed E-state index contributed by atoms with van der Waals surface area (Å²) in [4.78, 5) is 3.48. The number of hydrogen-bond acceptors (Lipinski definition) is 1. The molecule has 3 rings (SSSR count). The van der Waals surface area contributed by atoms with Gasteiger partial charge >= 0.3 is 0 Å². The SMILES string of the molecule is Cc1ccc2[nH]c3c(c2c1Cl)CC(C)(CO)CC3. The molecule has 1 unspecified atom stereocenters. The number of fused-ring (bicyclic) bond motifs is 3. The van der Waals surface area contributed by atoms with E-state index in [9.17, 15) is 5.11 Å². The van der Waals surface area contributed by atoms with Crippen molar-refractivity contribution in [1.29, 1.82) is 0 Å². The van der Waals surface area contributed by atoms with Crippen molar-refractivity contribution >= 4 is 22.5 Å². The summed E-state index contributed by atoms with van der Waals surface area (Å²) < 4.78 is 0. The van der Waals surface area contributed by atoms with E-state index >= 15 is 0 Å². The van der Waals surface area contributed by atoms with E-state index in [-0.39, 0.29) is 12.0 Å². The number of aliphatic hydroxyl groups excluding tert-OH is 1. The zero-order valence-corrected chi connectivity index (χ0v) is 11.6. The molecular weight excluding hydrogens is 246 g/mol. The number of hydrogen-bond donors (Lipinski definition) is 2. The molecule has 1 aliphatic rings. The van der Waals surface area contributed by atoms with Crippen molar-refractivity contribution in [2.75, 3.05) is 6.61 Å². The summed E-state index contributed by atoms with van der Waals surface area (Å²) in [6.45, 7) is 4.43. The minimum absolute atomic E-state index is 0.00476. The van der Waals surface area contributed by atoms with Crippen LogP contribution in [0.25, 0.3) is 10.9 Å². The molecule has 0 radical (unpaired) electrons. The van der Waals surface area contributed by atoms with Crippen LogP contribution >= 0.6 is 11.6 Å². The summed E-state index contributed by atoms with van der Waals surface area (Å²) in [5, 5.41) is 11.6. The average Bonchev–Trinajstić information content (AvgIpc) is 2.72. The fourth-order valence-electron chi connectivity index (χ4n) is 2.95. The number of rotatable bonds is 1. The van der Waals surface area contributed by atoms with E-state index in [1.165, 1.54) is 11.3 Å². The molecule has 2 N–H and O–H groups in total. The first-order chi connectivity index (χ1) is 8.54. The second-order valence-electron chi connectivity index (χ2n) is 5.85. The minimum atomic E-state index is -0.00476. The van der Waals surface area contributed by atoms with Crippen molar-refractivity contribution in [3.8, 4) is 0 Å². The van der Waals surface area contributed by atoms with Crippen LogP contribution in [0, 0.1) is 12.3 Å². The Balaban J connectivity index is 2.23. The maximum atomic E-state index is 9.57. The van der Waals surface area contributed by atoms with Gasteiger partial charge in [-0.05, 0) is 48.8 Å². The highest BCUT2D eigenvalue weighted by Gasteiger charge is 2.32. The van der Waals surface area contributed by atoms with Crippen LogP contribution in [0.4, 0.5) is 0 Å². The van der Waals surface area contributed by atoms with Crippen LogP contribution < -0.4 is 0 Å². The van der Waals surface area contributed by atoms with E-state index in [0.29, 0.717) is 0 Å². The van der Waals surface area contributed by atoms with Crippen LogP contribution in [0.1, 0.15) is 30.2 Å². The molecule has 18 heavy (non-hydrogen) atoms. The molecule has 3 heteroatoms. The minimum Gasteiger partial charge on any atom is -0.396 e.